The van der Waals surface area contributed by atoms with Gasteiger partial charge in [0.2, 0.25) is 0 Å². The molecule has 0 spiro atoms. The van der Waals surface area contributed by atoms with Crippen LogP contribution in [0.1, 0.15) is 13.3 Å². The molecule has 0 aromatic heterocycles. The van der Waals surface area contributed by atoms with E-state index >= 15 is 0 Å². The van der Waals surface area contributed by atoms with Crippen LogP contribution in [-0.4, -0.2) is 46.7 Å². The van der Waals surface area contributed by atoms with Gasteiger partial charge in [0.15, 0.2) is 0 Å². The summed E-state index contributed by atoms with van der Waals surface area (Å²) in [7, 11) is 0. The summed E-state index contributed by atoms with van der Waals surface area (Å²) in [5.41, 5.74) is 0. The van der Waals surface area contributed by atoms with Gasteiger partial charge in [0.05, 0.1) is 11.8 Å². The summed E-state index contributed by atoms with van der Waals surface area (Å²) in [6.45, 7) is 3.55. The molecule has 2 N–H and O–H groups in total. The highest BCUT2D eigenvalue weighted by molar-refractivity contribution is 5.80. The van der Waals surface area contributed by atoms with Gasteiger partial charge in [0.1, 0.15) is 0 Å². The number of carboxylic acid groups (broad SMARTS) is 2. The van der Waals surface area contributed by atoms with Gasteiger partial charge >= 0.3 is 11.9 Å². The van der Waals surface area contributed by atoms with Crippen molar-refractivity contribution in [3.05, 3.63) is 12.2 Å². The molecule has 16 heavy (non-hydrogen) atoms. The maximum Gasteiger partial charge on any atom is 0.308 e. The quantitative estimate of drug-likeness (QED) is 0.690. The molecule has 0 amide bonds. The third-order valence-corrected chi connectivity index (χ3v) is 2.93. The summed E-state index contributed by atoms with van der Waals surface area (Å²) in [5.74, 6) is -3.56. The first-order valence-corrected chi connectivity index (χ1v) is 5.35. The van der Waals surface area contributed by atoms with Crippen LogP contribution in [0.25, 0.3) is 0 Å². The first kappa shape index (κ1) is 12.7. The number of nitrogens with zero attached hydrogens (tertiary/aromatic N) is 1. The van der Waals surface area contributed by atoms with Crippen LogP contribution < -0.4 is 0 Å². The predicted molar refractivity (Wildman–Crippen MR) is 58.1 cm³/mol. The summed E-state index contributed by atoms with van der Waals surface area (Å²) >= 11 is 0. The lowest BCUT2D eigenvalue weighted by molar-refractivity contribution is -0.157. The van der Waals surface area contributed by atoms with E-state index in [-0.39, 0.29) is 0 Å². The standard InChI is InChI=1S/C11H17NO4/c1-2-3-5-12-6-4-8(10(13)14)9(7-12)11(15)16/h2-3,8-9H,4-7H2,1H3,(H,13,14)(H,15,16)/b3-2+. The minimum Gasteiger partial charge on any atom is -0.481 e. The fourth-order valence-corrected chi connectivity index (χ4v) is 1.99. The largest absolute Gasteiger partial charge is 0.481 e. The van der Waals surface area contributed by atoms with E-state index in [1.807, 2.05) is 24.0 Å². The Hall–Kier alpha value is -1.36. The number of likely N-dealkylation sites (tertiary alicyclic amines) is 1. The van der Waals surface area contributed by atoms with Gasteiger partial charge in [-0.25, -0.2) is 0 Å². The van der Waals surface area contributed by atoms with Crippen LogP contribution in [-0.2, 0) is 9.59 Å². The Balaban J connectivity index is 2.65. The first-order valence-electron chi connectivity index (χ1n) is 5.35. The second-order valence-electron chi connectivity index (χ2n) is 4.01. The Morgan fingerprint density at radius 1 is 1.31 bits per heavy atom. The van der Waals surface area contributed by atoms with Crippen LogP contribution in [0.3, 0.4) is 0 Å². The zero-order valence-corrected chi connectivity index (χ0v) is 9.30. The number of piperidine rings is 1. The molecule has 2 unspecified atom stereocenters. The molecule has 0 aromatic rings. The molecule has 0 saturated carbocycles. The van der Waals surface area contributed by atoms with Crippen molar-refractivity contribution >= 4 is 11.9 Å². The molecule has 1 aliphatic heterocycles. The smallest absolute Gasteiger partial charge is 0.308 e. The van der Waals surface area contributed by atoms with Crippen molar-refractivity contribution in [2.45, 2.75) is 13.3 Å². The van der Waals surface area contributed by atoms with Gasteiger partial charge in [-0.15, -0.1) is 0 Å². The molecule has 1 fully saturated rings. The monoisotopic (exact) mass is 227 g/mol. The molecule has 1 heterocycles. The third-order valence-electron chi connectivity index (χ3n) is 2.93. The summed E-state index contributed by atoms with van der Waals surface area (Å²) in [6, 6.07) is 0. The molecule has 0 aromatic carbocycles. The van der Waals surface area contributed by atoms with E-state index in [1.54, 1.807) is 0 Å². The first-order chi connectivity index (χ1) is 7.56. The number of hydrogen-bond acceptors (Lipinski definition) is 3. The number of rotatable bonds is 4. The van der Waals surface area contributed by atoms with Gasteiger partial charge in [-0.2, -0.15) is 0 Å². The topological polar surface area (TPSA) is 77.8 Å². The Kier molecular flexibility index (Phi) is 4.49. The second kappa shape index (κ2) is 5.65. The van der Waals surface area contributed by atoms with Gasteiger partial charge < -0.3 is 10.2 Å². The van der Waals surface area contributed by atoms with Crippen molar-refractivity contribution in [3.8, 4) is 0 Å². The van der Waals surface area contributed by atoms with Crippen LogP contribution >= 0.6 is 0 Å². The number of hydrogen-bond donors (Lipinski definition) is 2. The molecule has 0 bridgehead atoms. The Morgan fingerprint density at radius 2 is 1.94 bits per heavy atom. The van der Waals surface area contributed by atoms with Gasteiger partial charge in [0, 0.05) is 13.1 Å². The number of carboxylic acids is 2. The Morgan fingerprint density at radius 3 is 2.44 bits per heavy atom. The summed E-state index contributed by atoms with van der Waals surface area (Å²) in [5, 5.41) is 17.9. The summed E-state index contributed by atoms with van der Waals surface area (Å²) in [4.78, 5) is 23.8. The minimum absolute atomic E-state index is 0.316. The van der Waals surface area contributed by atoms with Gasteiger partial charge in [-0.3, -0.25) is 14.5 Å². The van der Waals surface area contributed by atoms with E-state index in [0.29, 0.717) is 26.1 Å². The molecule has 5 heteroatoms. The van der Waals surface area contributed by atoms with Crippen LogP contribution in [0.5, 0.6) is 0 Å². The van der Waals surface area contributed by atoms with Gasteiger partial charge in [-0.1, -0.05) is 12.2 Å². The average molecular weight is 227 g/mol. The lowest BCUT2D eigenvalue weighted by atomic mass is 9.85. The second-order valence-corrected chi connectivity index (χ2v) is 4.01. The lowest BCUT2D eigenvalue weighted by Crippen LogP contribution is -2.46. The van der Waals surface area contributed by atoms with Crippen LogP contribution in [0.4, 0.5) is 0 Å². The highest BCUT2D eigenvalue weighted by Crippen LogP contribution is 2.24. The van der Waals surface area contributed by atoms with Crippen molar-refractivity contribution in [2.75, 3.05) is 19.6 Å². The van der Waals surface area contributed by atoms with E-state index < -0.39 is 23.8 Å². The highest BCUT2D eigenvalue weighted by Gasteiger charge is 2.38. The van der Waals surface area contributed by atoms with E-state index in [0.717, 1.165) is 0 Å². The zero-order chi connectivity index (χ0) is 12.1. The predicted octanol–water partition coefficient (Wildman–Crippen LogP) is 0.670. The van der Waals surface area contributed by atoms with Crippen LogP contribution in [0.15, 0.2) is 12.2 Å². The molecule has 1 rings (SSSR count). The van der Waals surface area contributed by atoms with Crippen LogP contribution in [0.2, 0.25) is 0 Å². The van der Waals surface area contributed by atoms with E-state index in [1.165, 1.54) is 0 Å². The molecular weight excluding hydrogens is 210 g/mol. The van der Waals surface area contributed by atoms with Crippen molar-refractivity contribution in [3.63, 3.8) is 0 Å². The third kappa shape index (κ3) is 3.06. The maximum atomic E-state index is 11.0. The highest BCUT2D eigenvalue weighted by atomic mass is 16.4. The summed E-state index contributed by atoms with van der Waals surface area (Å²) < 4.78 is 0. The van der Waals surface area contributed by atoms with Crippen LogP contribution in [0, 0.1) is 11.8 Å². The molecule has 2 atom stereocenters. The molecule has 0 aliphatic carbocycles. The Labute approximate surface area is 94.4 Å². The van der Waals surface area contributed by atoms with E-state index in [4.69, 9.17) is 10.2 Å². The minimum atomic E-state index is -1.02. The van der Waals surface area contributed by atoms with E-state index in [2.05, 4.69) is 0 Å². The molecular formula is C11H17NO4. The normalized spacial score (nSPS) is 27.1. The SMILES string of the molecule is C/C=C/CN1CCC(C(=O)O)C(C(=O)O)C1. The number of carbonyl (C=O) groups is 2. The molecule has 5 nitrogen and oxygen atoms in total. The van der Waals surface area contributed by atoms with Crippen molar-refractivity contribution in [1.82, 2.24) is 4.90 Å². The maximum absolute atomic E-state index is 11.0. The summed E-state index contributed by atoms with van der Waals surface area (Å²) in [6.07, 6.45) is 4.25. The van der Waals surface area contributed by atoms with Crippen molar-refractivity contribution < 1.29 is 19.8 Å². The zero-order valence-electron chi connectivity index (χ0n) is 9.30. The van der Waals surface area contributed by atoms with Crippen molar-refractivity contribution in [2.24, 2.45) is 11.8 Å². The molecule has 1 aliphatic rings. The fourth-order valence-electron chi connectivity index (χ4n) is 1.99. The molecule has 90 valence electrons. The van der Waals surface area contributed by atoms with Gasteiger partial charge in [0.25, 0.3) is 0 Å². The lowest BCUT2D eigenvalue weighted by Gasteiger charge is -2.33. The molecule has 0 radical (unpaired) electrons. The number of aliphatic carboxylic acids is 2. The Bertz CT molecular complexity index is 300. The average Bonchev–Trinajstić information content (AvgIpc) is 2.25. The molecule has 1 saturated heterocycles. The number of allylic oxidation sites excluding steroid dienone is 1. The van der Waals surface area contributed by atoms with Crippen molar-refractivity contribution in [1.29, 1.82) is 0 Å². The van der Waals surface area contributed by atoms with E-state index in [9.17, 15) is 9.59 Å². The fraction of sp³-hybridized carbons (Fsp3) is 0.636. The van der Waals surface area contributed by atoms with Gasteiger partial charge in [-0.05, 0) is 19.9 Å².